The minimum atomic E-state index is -0.272. The number of hydrogen-bond donors (Lipinski definition) is 1. The molecule has 0 radical (unpaired) electrons. The summed E-state index contributed by atoms with van der Waals surface area (Å²) in [5.41, 5.74) is 0. The summed E-state index contributed by atoms with van der Waals surface area (Å²) >= 11 is 0. The molecule has 112 valence electrons. The van der Waals surface area contributed by atoms with Gasteiger partial charge in [-0.15, -0.1) is 0 Å². The van der Waals surface area contributed by atoms with Crippen LogP contribution in [0.4, 0.5) is 0 Å². The lowest BCUT2D eigenvalue weighted by Crippen LogP contribution is -2.50. The molecule has 0 spiro atoms. The van der Waals surface area contributed by atoms with E-state index in [1.165, 1.54) is 7.11 Å². The predicted octanol–water partition coefficient (Wildman–Crippen LogP) is 0.457. The molecule has 0 aromatic heterocycles. The molecule has 6 heteroatoms. The minimum Gasteiger partial charge on any atom is -0.469 e. The summed E-state index contributed by atoms with van der Waals surface area (Å²) in [5, 5.41) is 2.74. The van der Waals surface area contributed by atoms with Crippen LogP contribution in [-0.2, 0) is 19.1 Å². The van der Waals surface area contributed by atoms with Gasteiger partial charge in [-0.25, -0.2) is 0 Å². The van der Waals surface area contributed by atoms with E-state index in [-0.39, 0.29) is 36.2 Å². The van der Waals surface area contributed by atoms with Crippen molar-refractivity contribution in [2.75, 3.05) is 20.2 Å². The van der Waals surface area contributed by atoms with E-state index in [0.717, 1.165) is 19.3 Å². The third-order valence-corrected chi connectivity index (χ3v) is 4.15. The molecule has 6 nitrogen and oxygen atoms in total. The molecule has 0 aromatic carbocycles. The van der Waals surface area contributed by atoms with Gasteiger partial charge in [-0.1, -0.05) is 0 Å². The zero-order chi connectivity index (χ0) is 14.5. The molecule has 0 aromatic rings. The van der Waals surface area contributed by atoms with Gasteiger partial charge in [-0.2, -0.15) is 0 Å². The Morgan fingerprint density at radius 2 is 2.15 bits per heavy atom. The highest BCUT2D eigenvalue weighted by Crippen LogP contribution is 2.24. The van der Waals surface area contributed by atoms with E-state index >= 15 is 0 Å². The summed E-state index contributed by atoms with van der Waals surface area (Å²) in [4.78, 5) is 37.0. The van der Waals surface area contributed by atoms with Crippen LogP contribution in [0.15, 0.2) is 0 Å². The molecule has 2 aliphatic heterocycles. The second-order valence-corrected chi connectivity index (χ2v) is 5.50. The third kappa shape index (κ3) is 3.49. The van der Waals surface area contributed by atoms with Crippen molar-refractivity contribution in [3.63, 3.8) is 0 Å². The molecule has 2 rings (SSSR count). The lowest BCUT2D eigenvalue weighted by Gasteiger charge is -2.38. The lowest BCUT2D eigenvalue weighted by molar-refractivity contribution is -0.146. The molecule has 0 saturated carbocycles. The van der Waals surface area contributed by atoms with Crippen molar-refractivity contribution in [1.29, 1.82) is 0 Å². The molecule has 2 atom stereocenters. The van der Waals surface area contributed by atoms with Crippen molar-refractivity contribution in [2.45, 2.75) is 44.6 Å². The van der Waals surface area contributed by atoms with Gasteiger partial charge in [-0.05, 0) is 25.7 Å². The zero-order valence-electron chi connectivity index (χ0n) is 11.9. The van der Waals surface area contributed by atoms with Crippen LogP contribution in [0.3, 0.4) is 0 Å². The Morgan fingerprint density at radius 3 is 2.80 bits per heavy atom. The first-order valence-electron chi connectivity index (χ1n) is 7.26. The highest BCUT2D eigenvalue weighted by molar-refractivity contribution is 5.84. The van der Waals surface area contributed by atoms with Crippen LogP contribution in [0.2, 0.25) is 0 Å². The zero-order valence-corrected chi connectivity index (χ0v) is 11.9. The Morgan fingerprint density at radius 1 is 1.35 bits per heavy atom. The standard InChI is InChI=1S/C14H22N2O4/c1-20-13(18)8-11-4-2-3-7-16(11)14(19)10-5-6-12(17)15-9-10/h10-11H,2-9H2,1H3,(H,15,17). The van der Waals surface area contributed by atoms with Crippen molar-refractivity contribution < 1.29 is 19.1 Å². The molecular formula is C14H22N2O4. The third-order valence-electron chi connectivity index (χ3n) is 4.15. The average molecular weight is 282 g/mol. The summed E-state index contributed by atoms with van der Waals surface area (Å²) in [6.45, 7) is 1.12. The van der Waals surface area contributed by atoms with Gasteiger partial charge in [0.2, 0.25) is 11.8 Å². The van der Waals surface area contributed by atoms with Crippen LogP contribution in [0.25, 0.3) is 0 Å². The molecular weight excluding hydrogens is 260 g/mol. The Balaban J connectivity index is 1.97. The average Bonchev–Trinajstić information content (AvgIpc) is 2.48. The maximum absolute atomic E-state index is 12.6. The Hall–Kier alpha value is -1.59. The van der Waals surface area contributed by atoms with Gasteiger partial charge >= 0.3 is 5.97 Å². The van der Waals surface area contributed by atoms with Crippen molar-refractivity contribution in [1.82, 2.24) is 10.2 Å². The SMILES string of the molecule is COC(=O)CC1CCCCN1C(=O)C1CCC(=O)NC1. The fourth-order valence-electron chi connectivity index (χ4n) is 2.96. The number of nitrogens with zero attached hydrogens (tertiary/aromatic N) is 1. The highest BCUT2D eigenvalue weighted by Gasteiger charge is 2.34. The number of carbonyl (C=O) groups excluding carboxylic acids is 3. The van der Waals surface area contributed by atoms with E-state index in [4.69, 9.17) is 4.74 Å². The van der Waals surface area contributed by atoms with Crippen LogP contribution in [0, 0.1) is 5.92 Å². The molecule has 2 fully saturated rings. The summed E-state index contributed by atoms with van der Waals surface area (Å²) in [6.07, 6.45) is 4.13. The largest absolute Gasteiger partial charge is 0.469 e. The number of rotatable bonds is 3. The van der Waals surface area contributed by atoms with Gasteiger partial charge in [0.25, 0.3) is 0 Å². The smallest absolute Gasteiger partial charge is 0.307 e. The number of ether oxygens (including phenoxy) is 1. The molecule has 2 unspecified atom stereocenters. The van der Waals surface area contributed by atoms with Crippen molar-refractivity contribution >= 4 is 17.8 Å². The number of hydrogen-bond acceptors (Lipinski definition) is 4. The van der Waals surface area contributed by atoms with Crippen LogP contribution < -0.4 is 5.32 Å². The highest BCUT2D eigenvalue weighted by atomic mass is 16.5. The van der Waals surface area contributed by atoms with Crippen molar-refractivity contribution in [3.05, 3.63) is 0 Å². The van der Waals surface area contributed by atoms with E-state index in [0.29, 0.717) is 25.9 Å². The molecule has 0 bridgehead atoms. The topological polar surface area (TPSA) is 75.7 Å². The van der Waals surface area contributed by atoms with Crippen molar-refractivity contribution in [3.8, 4) is 0 Å². The number of nitrogens with one attached hydrogen (secondary N) is 1. The van der Waals surface area contributed by atoms with E-state index < -0.39 is 0 Å². The van der Waals surface area contributed by atoms with Gasteiger partial charge in [0.05, 0.1) is 19.4 Å². The first kappa shape index (κ1) is 14.8. The second-order valence-electron chi connectivity index (χ2n) is 5.50. The first-order chi connectivity index (χ1) is 9.61. The lowest BCUT2D eigenvalue weighted by atomic mass is 9.93. The summed E-state index contributed by atoms with van der Waals surface area (Å²) in [5.74, 6) is -0.338. The predicted molar refractivity (Wildman–Crippen MR) is 71.7 cm³/mol. The second kappa shape index (κ2) is 6.72. The minimum absolute atomic E-state index is 0.0128. The molecule has 2 saturated heterocycles. The van der Waals surface area contributed by atoms with Crippen LogP contribution >= 0.6 is 0 Å². The fraction of sp³-hybridized carbons (Fsp3) is 0.786. The van der Waals surface area contributed by atoms with E-state index in [9.17, 15) is 14.4 Å². The number of piperidine rings is 2. The summed E-state index contributed by atoms with van der Waals surface area (Å²) in [6, 6.07) is -0.0543. The van der Waals surface area contributed by atoms with E-state index in [2.05, 4.69) is 5.32 Å². The Kier molecular flexibility index (Phi) is 4.98. The maximum Gasteiger partial charge on any atom is 0.307 e. The molecule has 20 heavy (non-hydrogen) atoms. The number of likely N-dealkylation sites (tertiary alicyclic amines) is 1. The fourth-order valence-corrected chi connectivity index (χ4v) is 2.96. The summed E-state index contributed by atoms with van der Waals surface area (Å²) in [7, 11) is 1.37. The van der Waals surface area contributed by atoms with Crippen LogP contribution in [0.1, 0.15) is 38.5 Å². The molecule has 1 N–H and O–H groups in total. The molecule has 2 amide bonds. The Bertz CT molecular complexity index is 387. The van der Waals surface area contributed by atoms with Crippen LogP contribution in [-0.4, -0.2) is 48.9 Å². The Labute approximate surface area is 118 Å². The normalized spacial score (nSPS) is 26.9. The summed E-state index contributed by atoms with van der Waals surface area (Å²) < 4.78 is 4.71. The first-order valence-corrected chi connectivity index (χ1v) is 7.26. The quantitative estimate of drug-likeness (QED) is 0.763. The number of esters is 1. The van der Waals surface area contributed by atoms with Gasteiger partial charge in [0.1, 0.15) is 0 Å². The van der Waals surface area contributed by atoms with Crippen LogP contribution in [0.5, 0.6) is 0 Å². The van der Waals surface area contributed by atoms with Gasteiger partial charge in [0.15, 0.2) is 0 Å². The van der Waals surface area contributed by atoms with E-state index in [1.807, 2.05) is 4.90 Å². The van der Waals surface area contributed by atoms with Gasteiger partial charge in [0, 0.05) is 25.6 Å². The maximum atomic E-state index is 12.6. The van der Waals surface area contributed by atoms with E-state index in [1.54, 1.807) is 0 Å². The number of amides is 2. The molecule has 0 aliphatic carbocycles. The molecule has 2 heterocycles. The van der Waals surface area contributed by atoms with Gasteiger partial charge < -0.3 is 15.0 Å². The monoisotopic (exact) mass is 282 g/mol. The van der Waals surface area contributed by atoms with Crippen molar-refractivity contribution in [2.24, 2.45) is 5.92 Å². The number of carbonyl (C=O) groups is 3. The van der Waals surface area contributed by atoms with Gasteiger partial charge in [-0.3, -0.25) is 14.4 Å². The number of methoxy groups -OCH3 is 1. The molecule has 2 aliphatic rings.